The van der Waals surface area contributed by atoms with E-state index in [0.29, 0.717) is 11.5 Å². The van der Waals surface area contributed by atoms with Crippen molar-refractivity contribution in [3.05, 3.63) is 42.1 Å². The first-order valence-electron chi connectivity index (χ1n) is 12.6. The predicted octanol–water partition coefficient (Wildman–Crippen LogP) is 0.944. The van der Waals surface area contributed by atoms with Crippen molar-refractivity contribution >= 4 is 24.3 Å². The first-order chi connectivity index (χ1) is 17.0. The van der Waals surface area contributed by atoms with Crippen molar-refractivity contribution < 1.29 is 9.59 Å². The van der Waals surface area contributed by atoms with Crippen LogP contribution in [0.5, 0.6) is 0 Å². The maximum Gasteiger partial charge on any atom is 0.218 e. The fourth-order valence-corrected chi connectivity index (χ4v) is 5.38. The summed E-state index contributed by atoms with van der Waals surface area (Å²) in [6.07, 6.45) is 10.9. The Morgan fingerprint density at radius 1 is 1.14 bits per heavy atom. The van der Waals surface area contributed by atoms with Gasteiger partial charge in [0.25, 0.3) is 0 Å². The van der Waals surface area contributed by atoms with Crippen LogP contribution in [0.4, 0.5) is 5.69 Å². The number of piperidine rings is 1. The molecule has 2 saturated heterocycles. The normalized spacial score (nSPS) is 20.7. The van der Waals surface area contributed by atoms with Crippen LogP contribution < -0.4 is 21.7 Å². The number of benzene rings is 1. The van der Waals surface area contributed by atoms with Gasteiger partial charge in [0, 0.05) is 57.7 Å². The number of primary amides is 1. The van der Waals surface area contributed by atoms with E-state index in [1.165, 1.54) is 44.3 Å². The van der Waals surface area contributed by atoms with Crippen LogP contribution >= 0.6 is 0 Å². The lowest BCUT2D eigenvalue weighted by atomic mass is 9.61. The molecule has 2 aliphatic heterocycles. The Morgan fingerprint density at radius 3 is 2.31 bits per heavy atom. The largest absolute Gasteiger partial charge is 0.372 e. The Hall–Kier alpha value is -2.75. The number of nitrogens with zero attached hydrogens (tertiary/aromatic N) is 4. The van der Waals surface area contributed by atoms with Gasteiger partial charge in [0.2, 0.25) is 12.8 Å². The van der Waals surface area contributed by atoms with Crippen LogP contribution in [0.25, 0.3) is 0 Å². The molecule has 1 aromatic carbocycles. The Bertz CT molecular complexity index is 849. The van der Waals surface area contributed by atoms with E-state index in [1.807, 2.05) is 24.4 Å². The number of likely N-dealkylation sites (tertiary alicyclic amines) is 1. The number of hydrogen-bond acceptors (Lipinski definition) is 6. The molecular formula is C26H41N7O2. The number of carbonyl (C=O) groups is 2. The second-order valence-corrected chi connectivity index (χ2v) is 9.71. The molecule has 0 radical (unpaired) electrons. The number of aliphatic imine (C=N–C) groups is 1. The van der Waals surface area contributed by atoms with E-state index >= 15 is 0 Å². The summed E-state index contributed by atoms with van der Waals surface area (Å²) in [5, 5.41) is 3.35. The van der Waals surface area contributed by atoms with Gasteiger partial charge in [0.1, 0.15) is 5.84 Å². The molecule has 35 heavy (non-hydrogen) atoms. The van der Waals surface area contributed by atoms with Gasteiger partial charge in [-0.05, 0) is 74.4 Å². The van der Waals surface area contributed by atoms with Crippen LogP contribution in [0.3, 0.4) is 0 Å². The average molecular weight is 484 g/mol. The molecule has 0 unspecified atom stereocenters. The molecule has 1 saturated carbocycles. The molecule has 3 aliphatic rings. The molecule has 4 rings (SSSR count). The zero-order chi connectivity index (χ0) is 25.1. The van der Waals surface area contributed by atoms with Crippen molar-refractivity contribution in [2.75, 3.05) is 57.8 Å². The lowest BCUT2D eigenvalue weighted by Crippen LogP contribution is -2.52. The molecule has 5 N–H and O–H groups in total. The Balaban J connectivity index is 0.00000108. The van der Waals surface area contributed by atoms with Gasteiger partial charge in [0.05, 0.1) is 0 Å². The minimum Gasteiger partial charge on any atom is -0.372 e. The van der Waals surface area contributed by atoms with Crippen LogP contribution in [0.2, 0.25) is 0 Å². The molecule has 2 amide bonds. The van der Waals surface area contributed by atoms with Crippen molar-refractivity contribution in [3.63, 3.8) is 0 Å². The number of amidine groups is 1. The zero-order valence-electron chi connectivity index (χ0n) is 20.9. The number of hydrogen-bond donors (Lipinski definition) is 3. The first kappa shape index (κ1) is 26.8. The predicted molar refractivity (Wildman–Crippen MR) is 141 cm³/mol. The third-order valence-electron chi connectivity index (χ3n) is 7.43. The standard InChI is InChI=1S/C25H38N6O.CH3NO/c1-27-24(30-16-10-28-11-17-30)7-13-31(20-32)23-4-2-21(3-5-23)6-12-29-14-8-25(9-15-29)18-22(26)19-25;2-1-3/h2-5,7,13,20,22,28H,6,8-12,14-19,26H2,1H3;1H,(H2,2,3)/b13-7-,27-24?;. The lowest BCUT2D eigenvalue weighted by molar-refractivity contribution is -0.107. The van der Waals surface area contributed by atoms with Gasteiger partial charge in [-0.3, -0.25) is 19.5 Å². The van der Waals surface area contributed by atoms with Crippen LogP contribution in [-0.2, 0) is 16.0 Å². The maximum atomic E-state index is 11.7. The highest BCUT2D eigenvalue weighted by molar-refractivity contribution is 5.94. The molecule has 1 aromatic rings. The molecule has 0 atom stereocenters. The number of rotatable bonds is 7. The summed E-state index contributed by atoms with van der Waals surface area (Å²) in [5.74, 6) is 0.905. The summed E-state index contributed by atoms with van der Waals surface area (Å²) in [7, 11) is 1.80. The molecule has 1 spiro atoms. The monoisotopic (exact) mass is 483 g/mol. The van der Waals surface area contributed by atoms with Crippen molar-refractivity contribution in [1.82, 2.24) is 15.1 Å². The second kappa shape index (κ2) is 13.4. The molecule has 2 heterocycles. The molecule has 9 heteroatoms. The highest BCUT2D eigenvalue weighted by atomic mass is 16.1. The van der Waals surface area contributed by atoms with E-state index < -0.39 is 0 Å². The van der Waals surface area contributed by atoms with Crippen LogP contribution in [0, 0.1) is 5.41 Å². The van der Waals surface area contributed by atoms with E-state index in [2.05, 4.69) is 38.0 Å². The number of amides is 2. The molecule has 0 bridgehead atoms. The highest BCUT2D eigenvalue weighted by Gasteiger charge is 2.43. The first-order valence-corrected chi connectivity index (χ1v) is 12.6. The molecule has 0 aromatic heterocycles. The van der Waals surface area contributed by atoms with Gasteiger partial charge in [-0.2, -0.15) is 0 Å². The summed E-state index contributed by atoms with van der Waals surface area (Å²) in [6.45, 7) is 7.26. The van der Waals surface area contributed by atoms with E-state index in [9.17, 15) is 4.79 Å². The summed E-state index contributed by atoms with van der Waals surface area (Å²) in [6, 6.07) is 8.79. The van der Waals surface area contributed by atoms with Crippen LogP contribution in [0.1, 0.15) is 31.2 Å². The number of carbonyl (C=O) groups excluding carboxylic acids is 2. The third kappa shape index (κ3) is 7.62. The summed E-state index contributed by atoms with van der Waals surface area (Å²) in [4.78, 5) is 31.1. The Kier molecular flexibility index (Phi) is 10.3. The fraction of sp³-hybridized carbons (Fsp3) is 0.577. The molecule has 9 nitrogen and oxygen atoms in total. The van der Waals surface area contributed by atoms with Crippen LogP contribution in [0.15, 0.2) is 41.5 Å². The zero-order valence-corrected chi connectivity index (χ0v) is 20.9. The molecular weight excluding hydrogens is 442 g/mol. The van der Waals surface area contributed by atoms with Crippen molar-refractivity contribution in [1.29, 1.82) is 0 Å². The van der Waals surface area contributed by atoms with E-state index in [1.54, 1.807) is 11.9 Å². The SMILES string of the molecule is CN=C(/C=C\N(C=O)c1ccc(CCN2CCC3(CC2)CC(N)C3)cc1)N1CCNCC1.NC=O. The minimum atomic E-state index is 0.250. The number of anilines is 1. The summed E-state index contributed by atoms with van der Waals surface area (Å²) < 4.78 is 0. The third-order valence-corrected chi connectivity index (χ3v) is 7.43. The van der Waals surface area contributed by atoms with E-state index in [0.717, 1.165) is 57.1 Å². The number of piperazine rings is 1. The smallest absolute Gasteiger partial charge is 0.218 e. The van der Waals surface area contributed by atoms with Gasteiger partial charge >= 0.3 is 0 Å². The van der Waals surface area contributed by atoms with Crippen molar-refractivity contribution in [2.45, 2.75) is 38.1 Å². The Morgan fingerprint density at radius 2 is 1.77 bits per heavy atom. The van der Waals surface area contributed by atoms with Gasteiger partial charge in [-0.15, -0.1) is 0 Å². The minimum absolute atomic E-state index is 0.250. The number of nitrogens with two attached hydrogens (primary N) is 2. The topological polar surface area (TPSA) is 120 Å². The molecule has 3 fully saturated rings. The van der Waals surface area contributed by atoms with Gasteiger partial charge < -0.3 is 26.6 Å². The lowest BCUT2D eigenvalue weighted by Gasteiger charge is -2.51. The summed E-state index contributed by atoms with van der Waals surface area (Å²) in [5.41, 5.74) is 12.9. The van der Waals surface area contributed by atoms with E-state index in [4.69, 9.17) is 10.5 Å². The van der Waals surface area contributed by atoms with E-state index in [-0.39, 0.29) is 6.41 Å². The second-order valence-electron chi connectivity index (χ2n) is 9.71. The molecule has 192 valence electrons. The van der Waals surface area contributed by atoms with Crippen LogP contribution in [-0.4, -0.2) is 87.4 Å². The van der Waals surface area contributed by atoms with Gasteiger partial charge in [0.15, 0.2) is 0 Å². The van der Waals surface area contributed by atoms with Crippen molar-refractivity contribution in [3.8, 4) is 0 Å². The average Bonchev–Trinajstić information content (AvgIpc) is 2.87. The van der Waals surface area contributed by atoms with Gasteiger partial charge in [-0.1, -0.05) is 12.1 Å². The fourth-order valence-electron chi connectivity index (χ4n) is 5.38. The summed E-state index contributed by atoms with van der Waals surface area (Å²) >= 11 is 0. The number of nitrogens with one attached hydrogen (secondary N) is 1. The maximum absolute atomic E-state index is 11.7. The van der Waals surface area contributed by atoms with Gasteiger partial charge in [-0.25, -0.2) is 0 Å². The molecule has 1 aliphatic carbocycles. The quantitative estimate of drug-likeness (QED) is 0.302. The highest BCUT2D eigenvalue weighted by Crippen LogP contribution is 2.48. The Labute approximate surface area is 209 Å². The van der Waals surface area contributed by atoms with Crippen molar-refractivity contribution in [2.24, 2.45) is 21.9 Å².